The molecule has 0 atom stereocenters. The smallest absolute Gasteiger partial charge is 0.335 e. The third-order valence-corrected chi connectivity index (χ3v) is 4.93. The highest BCUT2D eigenvalue weighted by Crippen LogP contribution is 2.24. The van der Waals surface area contributed by atoms with E-state index in [0.29, 0.717) is 5.69 Å². The number of amides is 4. The average molecular weight is 365 g/mol. The predicted molar refractivity (Wildman–Crippen MR) is 104 cm³/mol. The van der Waals surface area contributed by atoms with Gasteiger partial charge in [0.25, 0.3) is 11.8 Å². The molecule has 0 bridgehead atoms. The molecule has 2 heterocycles. The Balaban J connectivity index is 2.02. The number of hydrogen-bond acceptors (Lipinski definition) is 3. The summed E-state index contributed by atoms with van der Waals surface area (Å²) >= 11 is 0. The van der Waals surface area contributed by atoms with E-state index in [4.69, 9.17) is 0 Å². The fourth-order valence-electron chi connectivity index (χ4n) is 3.39. The first-order valence-electron chi connectivity index (χ1n) is 9.04. The van der Waals surface area contributed by atoms with Gasteiger partial charge in [0.15, 0.2) is 0 Å². The summed E-state index contributed by atoms with van der Waals surface area (Å²) in [6, 6.07) is 8.36. The number of benzene rings is 1. The lowest BCUT2D eigenvalue weighted by Gasteiger charge is -2.26. The van der Waals surface area contributed by atoms with Crippen molar-refractivity contribution in [3.8, 4) is 0 Å². The van der Waals surface area contributed by atoms with Crippen LogP contribution < -0.4 is 10.2 Å². The Morgan fingerprint density at radius 3 is 2.26 bits per heavy atom. The minimum atomic E-state index is -0.731. The monoisotopic (exact) mass is 365 g/mol. The molecule has 4 amide bonds. The van der Waals surface area contributed by atoms with E-state index < -0.39 is 17.8 Å². The molecule has 1 fully saturated rings. The third-order valence-electron chi connectivity index (χ3n) is 4.93. The van der Waals surface area contributed by atoms with E-state index in [-0.39, 0.29) is 5.57 Å². The van der Waals surface area contributed by atoms with Crippen molar-refractivity contribution in [2.75, 3.05) is 4.90 Å². The highest BCUT2D eigenvalue weighted by Gasteiger charge is 2.36. The largest absolute Gasteiger partial charge is 0.349 e. The van der Waals surface area contributed by atoms with Crippen molar-refractivity contribution in [3.05, 3.63) is 58.4 Å². The minimum Gasteiger partial charge on any atom is -0.349 e. The number of nitrogens with zero attached hydrogens (tertiary/aromatic N) is 2. The van der Waals surface area contributed by atoms with E-state index in [1.54, 1.807) is 18.2 Å². The number of imide groups is 2. The molecule has 2 aromatic rings. The van der Waals surface area contributed by atoms with E-state index >= 15 is 0 Å². The Morgan fingerprint density at radius 2 is 1.70 bits per heavy atom. The SMILES string of the molecule is CCc1ccc(N2C(=O)NC(=O)/C(=C\c3cc(C)n(CC)c3C)C2=O)cc1. The molecule has 1 aliphatic rings. The van der Waals surface area contributed by atoms with Crippen LogP contribution >= 0.6 is 0 Å². The maximum atomic E-state index is 12.9. The van der Waals surface area contributed by atoms with Crippen LogP contribution in [0.1, 0.15) is 36.4 Å². The highest BCUT2D eigenvalue weighted by atomic mass is 16.2. The molecule has 3 rings (SSSR count). The number of carbonyl (C=O) groups is 3. The maximum Gasteiger partial charge on any atom is 0.335 e. The van der Waals surface area contributed by atoms with E-state index in [0.717, 1.165) is 40.4 Å². The van der Waals surface area contributed by atoms with Crippen LogP contribution in [0.15, 0.2) is 35.9 Å². The fourth-order valence-corrected chi connectivity index (χ4v) is 3.39. The average Bonchev–Trinajstić information content (AvgIpc) is 2.91. The molecule has 0 radical (unpaired) electrons. The number of urea groups is 1. The van der Waals surface area contributed by atoms with E-state index in [1.165, 1.54) is 0 Å². The van der Waals surface area contributed by atoms with Gasteiger partial charge in [0, 0.05) is 17.9 Å². The number of aromatic nitrogens is 1. The molecule has 27 heavy (non-hydrogen) atoms. The standard InChI is InChI=1S/C21H23N3O3/c1-5-15-7-9-17(10-8-15)24-20(26)18(19(25)22-21(24)27)12-16-11-13(3)23(6-2)14(16)4/h7-12H,5-6H2,1-4H3,(H,22,25,27)/b18-12+. The topological polar surface area (TPSA) is 71.4 Å². The molecule has 1 saturated heterocycles. The summed E-state index contributed by atoms with van der Waals surface area (Å²) in [7, 11) is 0. The Hall–Kier alpha value is -3.15. The number of anilines is 1. The van der Waals surface area contributed by atoms with E-state index in [9.17, 15) is 14.4 Å². The second kappa shape index (κ2) is 7.23. The number of hydrogen-bond donors (Lipinski definition) is 1. The van der Waals surface area contributed by atoms with Crippen LogP contribution in [0.5, 0.6) is 0 Å². The molecule has 0 saturated carbocycles. The van der Waals surface area contributed by atoms with Crippen LogP contribution in [0, 0.1) is 13.8 Å². The zero-order chi connectivity index (χ0) is 19.7. The van der Waals surface area contributed by atoms with Gasteiger partial charge in [-0.25, -0.2) is 9.69 Å². The molecule has 1 aromatic heterocycles. The number of nitrogens with one attached hydrogen (secondary N) is 1. The Labute approximate surface area is 158 Å². The normalized spacial score (nSPS) is 16.2. The molecule has 1 N–H and O–H groups in total. The van der Waals surface area contributed by atoms with Gasteiger partial charge in [-0.1, -0.05) is 19.1 Å². The van der Waals surface area contributed by atoms with Crippen molar-refractivity contribution in [1.82, 2.24) is 9.88 Å². The molecule has 1 aromatic carbocycles. The van der Waals surface area contributed by atoms with Crippen LogP contribution in [0.2, 0.25) is 0 Å². The summed E-state index contributed by atoms with van der Waals surface area (Å²) in [5, 5.41) is 2.26. The maximum absolute atomic E-state index is 12.9. The van der Waals surface area contributed by atoms with Crippen molar-refractivity contribution >= 4 is 29.6 Å². The van der Waals surface area contributed by atoms with Gasteiger partial charge in [0.05, 0.1) is 5.69 Å². The van der Waals surface area contributed by atoms with Crippen molar-refractivity contribution in [2.45, 2.75) is 40.7 Å². The zero-order valence-electron chi connectivity index (χ0n) is 16.0. The zero-order valence-corrected chi connectivity index (χ0v) is 16.0. The first kappa shape index (κ1) is 18.6. The van der Waals surface area contributed by atoms with Crippen LogP contribution in [0.3, 0.4) is 0 Å². The lowest BCUT2D eigenvalue weighted by atomic mass is 10.1. The summed E-state index contributed by atoms with van der Waals surface area (Å²) in [4.78, 5) is 38.5. The molecule has 6 nitrogen and oxygen atoms in total. The van der Waals surface area contributed by atoms with Gasteiger partial charge in [0.1, 0.15) is 5.57 Å². The van der Waals surface area contributed by atoms with Crippen molar-refractivity contribution in [1.29, 1.82) is 0 Å². The molecule has 0 unspecified atom stereocenters. The Bertz CT molecular complexity index is 952. The number of carbonyl (C=O) groups excluding carboxylic acids is 3. The summed E-state index contributed by atoms with van der Waals surface area (Å²) in [6.45, 7) is 8.79. The Kier molecular flexibility index (Phi) is 4.99. The Morgan fingerprint density at radius 1 is 1.04 bits per heavy atom. The molecule has 0 aliphatic carbocycles. The molecule has 140 valence electrons. The summed E-state index contributed by atoms with van der Waals surface area (Å²) in [5.41, 5.74) is 4.30. The minimum absolute atomic E-state index is 0.0504. The summed E-state index contributed by atoms with van der Waals surface area (Å²) in [6.07, 6.45) is 2.42. The summed E-state index contributed by atoms with van der Waals surface area (Å²) < 4.78 is 2.10. The molecular formula is C21H23N3O3. The van der Waals surface area contributed by atoms with Gasteiger partial charge < -0.3 is 4.57 Å². The molecule has 0 spiro atoms. The van der Waals surface area contributed by atoms with Crippen LogP contribution in [0.4, 0.5) is 10.5 Å². The first-order valence-corrected chi connectivity index (χ1v) is 9.04. The lowest BCUT2D eigenvalue weighted by Crippen LogP contribution is -2.54. The molecule has 1 aliphatic heterocycles. The quantitative estimate of drug-likeness (QED) is 0.667. The van der Waals surface area contributed by atoms with Crippen molar-refractivity contribution in [2.24, 2.45) is 0 Å². The van der Waals surface area contributed by atoms with Crippen LogP contribution in [0.25, 0.3) is 6.08 Å². The second-order valence-corrected chi connectivity index (χ2v) is 6.55. The second-order valence-electron chi connectivity index (χ2n) is 6.55. The third kappa shape index (κ3) is 3.30. The van der Waals surface area contributed by atoms with E-state index in [2.05, 4.69) is 9.88 Å². The molecular weight excluding hydrogens is 342 g/mol. The van der Waals surface area contributed by atoms with E-state index in [1.807, 2.05) is 45.9 Å². The van der Waals surface area contributed by atoms with Crippen LogP contribution in [-0.4, -0.2) is 22.4 Å². The van der Waals surface area contributed by atoms with Gasteiger partial charge in [-0.05, 0) is 62.6 Å². The predicted octanol–water partition coefficient (Wildman–Crippen LogP) is 3.35. The van der Waals surface area contributed by atoms with Gasteiger partial charge in [-0.2, -0.15) is 0 Å². The lowest BCUT2D eigenvalue weighted by molar-refractivity contribution is -0.122. The fraction of sp³-hybridized carbons (Fsp3) is 0.286. The van der Waals surface area contributed by atoms with Gasteiger partial charge in [-0.15, -0.1) is 0 Å². The first-order chi connectivity index (χ1) is 12.9. The van der Waals surface area contributed by atoms with Crippen molar-refractivity contribution in [3.63, 3.8) is 0 Å². The molecule has 6 heteroatoms. The number of rotatable bonds is 4. The van der Waals surface area contributed by atoms with Gasteiger partial charge in [0.2, 0.25) is 0 Å². The van der Waals surface area contributed by atoms with Gasteiger partial charge >= 0.3 is 6.03 Å². The number of aryl methyl sites for hydroxylation is 2. The van der Waals surface area contributed by atoms with Gasteiger partial charge in [-0.3, -0.25) is 14.9 Å². The van der Waals surface area contributed by atoms with Crippen molar-refractivity contribution < 1.29 is 14.4 Å². The highest BCUT2D eigenvalue weighted by molar-refractivity contribution is 6.39. The van der Waals surface area contributed by atoms with Crippen LogP contribution in [-0.2, 0) is 22.6 Å². The number of barbiturate groups is 1. The summed E-state index contributed by atoms with van der Waals surface area (Å²) in [5.74, 6) is -1.29.